The number of halogens is 2. The van der Waals surface area contributed by atoms with Gasteiger partial charge in [-0.25, -0.2) is 0 Å². The quantitative estimate of drug-likeness (QED) is 0.572. The van der Waals surface area contributed by atoms with Gasteiger partial charge in [0.15, 0.2) is 0 Å². The molecule has 0 saturated carbocycles. The van der Waals surface area contributed by atoms with E-state index in [9.17, 15) is 4.79 Å². The fourth-order valence-corrected chi connectivity index (χ4v) is 2.40. The Morgan fingerprint density at radius 2 is 2.18 bits per heavy atom. The van der Waals surface area contributed by atoms with Crippen LogP contribution in [0.4, 0.5) is 0 Å². The van der Waals surface area contributed by atoms with Crippen molar-refractivity contribution in [2.75, 3.05) is 6.54 Å². The van der Waals surface area contributed by atoms with Gasteiger partial charge in [0.25, 0.3) is 5.91 Å². The lowest BCUT2D eigenvalue weighted by Crippen LogP contribution is -2.25. The van der Waals surface area contributed by atoms with Gasteiger partial charge in [0.1, 0.15) is 0 Å². The molecule has 0 aliphatic heterocycles. The van der Waals surface area contributed by atoms with Gasteiger partial charge in [-0.05, 0) is 75.5 Å². The zero-order valence-corrected chi connectivity index (χ0v) is 13.8. The number of amides is 1. The average Bonchev–Trinajstić information content (AvgIpc) is 2.27. The maximum Gasteiger partial charge on any atom is 0.252 e. The second kappa shape index (κ2) is 7.36. The molecular formula is C13H17BrINO. The molecule has 0 radical (unpaired) electrons. The predicted molar refractivity (Wildman–Crippen MR) is 83.3 cm³/mol. The number of hydrogen-bond donors (Lipinski definition) is 1. The largest absolute Gasteiger partial charge is 0.352 e. The summed E-state index contributed by atoms with van der Waals surface area (Å²) in [5.74, 6) is 0.690. The van der Waals surface area contributed by atoms with Crippen molar-refractivity contribution >= 4 is 44.4 Å². The summed E-state index contributed by atoms with van der Waals surface area (Å²) >= 11 is 5.61. The first kappa shape index (κ1) is 15.0. The molecule has 94 valence electrons. The molecule has 0 bridgehead atoms. The van der Waals surface area contributed by atoms with Gasteiger partial charge in [-0.1, -0.05) is 13.8 Å². The first-order valence-corrected chi connectivity index (χ1v) is 7.61. The lowest BCUT2D eigenvalue weighted by atomic mass is 10.1. The molecule has 0 unspecified atom stereocenters. The van der Waals surface area contributed by atoms with E-state index in [1.54, 1.807) is 0 Å². The molecule has 0 atom stereocenters. The highest BCUT2D eigenvalue weighted by Crippen LogP contribution is 2.19. The molecule has 0 aromatic heterocycles. The van der Waals surface area contributed by atoms with Crippen molar-refractivity contribution in [1.82, 2.24) is 5.32 Å². The summed E-state index contributed by atoms with van der Waals surface area (Å²) in [6.07, 6.45) is 2.18. The number of nitrogens with one attached hydrogen (secondary N) is 1. The Bertz CT molecular complexity index is 393. The van der Waals surface area contributed by atoms with E-state index in [1.807, 2.05) is 18.2 Å². The highest BCUT2D eigenvalue weighted by Gasteiger charge is 2.09. The van der Waals surface area contributed by atoms with Gasteiger partial charge in [0.2, 0.25) is 0 Å². The number of carbonyl (C=O) groups excluding carboxylic acids is 1. The number of hydrogen-bond acceptors (Lipinski definition) is 1. The van der Waals surface area contributed by atoms with E-state index < -0.39 is 0 Å². The van der Waals surface area contributed by atoms with Crippen molar-refractivity contribution in [3.8, 4) is 0 Å². The van der Waals surface area contributed by atoms with E-state index in [-0.39, 0.29) is 5.91 Å². The molecule has 2 nitrogen and oxygen atoms in total. The topological polar surface area (TPSA) is 29.1 Å². The molecule has 1 aromatic rings. The van der Waals surface area contributed by atoms with Crippen molar-refractivity contribution in [2.24, 2.45) is 5.92 Å². The summed E-state index contributed by atoms with van der Waals surface area (Å²) in [5.41, 5.74) is 0.710. The van der Waals surface area contributed by atoms with Crippen LogP contribution in [-0.2, 0) is 0 Å². The summed E-state index contributed by atoms with van der Waals surface area (Å²) < 4.78 is 1.91. The molecule has 1 amide bonds. The van der Waals surface area contributed by atoms with Gasteiger partial charge in [0, 0.05) is 14.6 Å². The van der Waals surface area contributed by atoms with E-state index >= 15 is 0 Å². The van der Waals surface area contributed by atoms with Crippen LogP contribution in [0.2, 0.25) is 0 Å². The number of benzene rings is 1. The number of carbonyl (C=O) groups is 1. The summed E-state index contributed by atoms with van der Waals surface area (Å²) in [4.78, 5) is 11.9. The zero-order valence-electron chi connectivity index (χ0n) is 10.1. The molecule has 0 spiro atoms. The molecule has 1 aromatic carbocycles. The van der Waals surface area contributed by atoms with E-state index in [4.69, 9.17) is 0 Å². The fraction of sp³-hybridized carbons (Fsp3) is 0.462. The first-order chi connectivity index (χ1) is 8.00. The van der Waals surface area contributed by atoms with E-state index in [2.05, 4.69) is 57.7 Å². The van der Waals surface area contributed by atoms with Crippen LogP contribution in [0.3, 0.4) is 0 Å². The van der Waals surface area contributed by atoms with Gasteiger partial charge >= 0.3 is 0 Å². The summed E-state index contributed by atoms with van der Waals surface area (Å²) in [7, 11) is 0. The Morgan fingerprint density at radius 1 is 1.47 bits per heavy atom. The lowest BCUT2D eigenvalue weighted by Gasteiger charge is -2.08. The van der Waals surface area contributed by atoms with Crippen LogP contribution in [0, 0.1) is 9.49 Å². The molecule has 0 aliphatic rings. The maximum absolute atomic E-state index is 11.9. The SMILES string of the molecule is CC(C)CCCNC(=O)c1cc(I)ccc1Br. The molecule has 0 heterocycles. The van der Waals surface area contributed by atoms with Crippen LogP contribution in [0.15, 0.2) is 22.7 Å². The van der Waals surface area contributed by atoms with Crippen molar-refractivity contribution < 1.29 is 4.79 Å². The smallest absolute Gasteiger partial charge is 0.252 e. The Morgan fingerprint density at radius 3 is 2.82 bits per heavy atom. The van der Waals surface area contributed by atoms with Crippen LogP contribution < -0.4 is 5.32 Å². The minimum absolute atomic E-state index is 0.000790. The Labute approximate surface area is 125 Å². The average molecular weight is 410 g/mol. The maximum atomic E-state index is 11.9. The standard InChI is InChI=1S/C13H17BrINO/c1-9(2)4-3-7-16-13(17)11-8-10(15)5-6-12(11)14/h5-6,8-9H,3-4,7H2,1-2H3,(H,16,17). The predicted octanol–water partition coefficient (Wildman–Crippen LogP) is 4.22. The van der Waals surface area contributed by atoms with Crippen LogP contribution in [0.1, 0.15) is 37.0 Å². The zero-order chi connectivity index (χ0) is 12.8. The first-order valence-electron chi connectivity index (χ1n) is 5.74. The molecule has 17 heavy (non-hydrogen) atoms. The minimum Gasteiger partial charge on any atom is -0.352 e. The van der Waals surface area contributed by atoms with Crippen LogP contribution in [0.25, 0.3) is 0 Å². The minimum atomic E-state index is -0.000790. The van der Waals surface area contributed by atoms with Crippen LogP contribution >= 0.6 is 38.5 Å². The molecule has 1 N–H and O–H groups in total. The van der Waals surface area contributed by atoms with Crippen molar-refractivity contribution in [1.29, 1.82) is 0 Å². The van der Waals surface area contributed by atoms with E-state index in [0.29, 0.717) is 11.5 Å². The Hall–Kier alpha value is -0.100. The third kappa shape index (κ3) is 5.38. The van der Waals surface area contributed by atoms with Gasteiger partial charge in [0.05, 0.1) is 5.56 Å². The molecule has 4 heteroatoms. The third-order valence-electron chi connectivity index (χ3n) is 2.42. The Balaban J connectivity index is 2.49. The Kier molecular flexibility index (Phi) is 6.48. The van der Waals surface area contributed by atoms with Gasteiger partial charge < -0.3 is 5.32 Å². The van der Waals surface area contributed by atoms with Crippen molar-refractivity contribution in [2.45, 2.75) is 26.7 Å². The van der Waals surface area contributed by atoms with Gasteiger partial charge in [-0.15, -0.1) is 0 Å². The number of rotatable bonds is 5. The molecular weight excluding hydrogens is 393 g/mol. The van der Waals surface area contributed by atoms with E-state index in [1.165, 1.54) is 0 Å². The van der Waals surface area contributed by atoms with E-state index in [0.717, 1.165) is 27.4 Å². The highest BCUT2D eigenvalue weighted by molar-refractivity contribution is 14.1. The highest BCUT2D eigenvalue weighted by atomic mass is 127. The fourth-order valence-electron chi connectivity index (χ4n) is 1.48. The second-order valence-corrected chi connectivity index (χ2v) is 6.52. The van der Waals surface area contributed by atoms with Gasteiger partial charge in [-0.3, -0.25) is 4.79 Å². The van der Waals surface area contributed by atoms with Crippen LogP contribution in [0.5, 0.6) is 0 Å². The third-order valence-corrected chi connectivity index (χ3v) is 3.78. The van der Waals surface area contributed by atoms with Gasteiger partial charge in [-0.2, -0.15) is 0 Å². The second-order valence-electron chi connectivity index (χ2n) is 4.42. The molecule has 0 aliphatic carbocycles. The van der Waals surface area contributed by atoms with Crippen molar-refractivity contribution in [3.05, 3.63) is 31.8 Å². The lowest BCUT2D eigenvalue weighted by molar-refractivity contribution is 0.0951. The summed E-state index contributed by atoms with van der Waals surface area (Å²) in [6, 6.07) is 5.77. The molecule has 0 saturated heterocycles. The van der Waals surface area contributed by atoms with Crippen LogP contribution in [-0.4, -0.2) is 12.5 Å². The monoisotopic (exact) mass is 409 g/mol. The summed E-state index contributed by atoms with van der Waals surface area (Å²) in [6.45, 7) is 5.13. The summed E-state index contributed by atoms with van der Waals surface area (Å²) in [5, 5.41) is 2.95. The van der Waals surface area contributed by atoms with Crippen molar-refractivity contribution in [3.63, 3.8) is 0 Å². The normalized spacial score (nSPS) is 10.6. The molecule has 0 fully saturated rings. The molecule has 1 rings (SSSR count).